The number of thiophene rings is 1. The van der Waals surface area contributed by atoms with Crippen LogP contribution in [0.25, 0.3) is 0 Å². The highest BCUT2D eigenvalue weighted by Crippen LogP contribution is 2.43. The number of aromatic nitrogens is 2. The molecule has 0 aliphatic carbocycles. The average molecular weight is 327 g/mol. The van der Waals surface area contributed by atoms with Crippen molar-refractivity contribution in [3.63, 3.8) is 0 Å². The van der Waals surface area contributed by atoms with Gasteiger partial charge in [0.05, 0.1) is 16.9 Å². The van der Waals surface area contributed by atoms with Crippen molar-refractivity contribution in [2.24, 2.45) is 0 Å². The van der Waals surface area contributed by atoms with Crippen LogP contribution in [0.2, 0.25) is 0 Å². The average Bonchev–Trinajstić information content (AvgIpc) is 3.27. The van der Waals surface area contributed by atoms with Gasteiger partial charge in [-0.2, -0.15) is 11.3 Å². The van der Waals surface area contributed by atoms with E-state index in [2.05, 4.69) is 20.9 Å². The molecule has 110 valence electrons. The minimum Gasteiger partial charge on any atom is -0.332 e. The van der Waals surface area contributed by atoms with Crippen LogP contribution in [0.1, 0.15) is 27.0 Å². The van der Waals surface area contributed by atoms with Crippen molar-refractivity contribution in [1.29, 1.82) is 0 Å². The molecule has 4 heterocycles. The van der Waals surface area contributed by atoms with E-state index in [-0.39, 0.29) is 11.3 Å². The van der Waals surface area contributed by atoms with Gasteiger partial charge in [-0.15, -0.1) is 11.8 Å². The summed E-state index contributed by atoms with van der Waals surface area (Å²) < 4.78 is 2.21. The first-order chi connectivity index (χ1) is 10.8. The Hall–Kier alpha value is -2.05. The molecule has 6 heteroatoms. The molecule has 0 fully saturated rings. The van der Waals surface area contributed by atoms with E-state index in [9.17, 15) is 4.79 Å². The molecule has 22 heavy (non-hydrogen) atoms. The predicted octanol–water partition coefficient (Wildman–Crippen LogP) is 3.99. The first-order valence-electron chi connectivity index (χ1n) is 6.88. The summed E-state index contributed by atoms with van der Waals surface area (Å²) in [6.07, 6.45) is 5.72. The number of nitrogens with one attached hydrogen (secondary N) is 1. The minimum absolute atomic E-state index is 0.0509. The molecule has 4 nitrogen and oxygen atoms in total. The third-order valence-corrected chi connectivity index (χ3v) is 5.59. The minimum atomic E-state index is -0.0509. The lowest BCUT2D eigenvalue weighted by atomic mass is 10.2. The summed E-state index contributed by atoms with van der Waals surface area (Å²) in [6, 6.07) is 7.85. The fourth-order valence-electron chi connectivity index (χ4n) is 2.57. The molecule has 1 amide bonds. The molecule has 0 spiro atoms. The third-order valence-electron chi connectivity index (χ3n) is 3.66. The Bertz CT molecular complexity index is 796. The van der Waals surface area contributed by atoms with Crippen LogP contribution in [0.3, 0.4) is 0 Å². The number of nitrogens with zero attached hydrogens (tertiary/aromatic N) is 2. The first kappa shape index (κ1) is 13.6. The van der Waals surface area contributed by atoms with Crippen molar-refractivity contribution in [3.05, 3.63) is 70.4 Å². The molecule has 3 aromatic heterocycles. The van der Waals surface area contributed by atoms with Crippen LogP contribution in [-0.4, -0.2) is 15.5 Å². The van der Waals surface area contributed by atoms with Crippen LogP contribution in [0.4, 0.5) is 5.69 Å². The van der Waals surface area contributed by atoms with Gasteiger partial charge in [-0.1, -0.05) is 6.07 Å². The van der Waals surface area contributed by atoms with E-state index in [0.29, 0.717) is 5.56 Å². The Kier molecular flexibility index (Phi) is 3.48. The van der Waals surface area contributed by atoms with E-state index in [4.69, 9.17) is 0 Å². The van der Waals surface area contributed by atoms with Crippen LogP contribution in [0.15, 0.2) is 53.6 Å². The van der Waals surface area contributed by atoms with E-state index in [0.717, 1.165) is 17.1 Å². The van der Waals surface area contributed by atoms with Gasteiger partial charge >= 0.3 is 0 Å². The van der Waals surface area contributed by atoms with Crippen molar-refractivity contribution in [2.75, 3.05) is 5.32 Å². The zero-order valence-electron chi connectivity index (χ0n) is 11.6. The molecule has 1 aliphatic rings. The molecule has 1 atom stereocenters. The summed E-state index contributed by atoms with van der Waals surface area (Å²) in [5.41, 5.74) is 3.94. The Labute approximate surface area is 136 Å². The van der Waals surface area contributed by atoms with Gasteiger partial charge in [-0.05, 0) is 23.6 Å². The lowest BCUT2D eigenvalue weighted by Crippen LogP contribution is -2.11. The summed E-state index contributed by atoms with van der Waals surface area (Å²) >= 11 is 3.37. The number of carbonyl (C=O) groups excluding carboxylic acids is 1. The Morgan fingerprint density at radius 2 is 2.32 bits per heavy atom. The fourth-order valence-corrected chi connectivity index (χ4v) is 4.52. The highest BCUT2D eigenvalue weighted by Gasteiger charge is 2.26. The normalized spacial score (nSPS) is 16.5. The first-order valence-corrected chi connectivity index (χ1v) is 8.87. The molecule has 1 unspecified atom stereocenters. The van der Waals surface area contributed by atoms with Crippen molar-refractivity contribution >= 4 is 34.7 Å². The van der Waals surface area contributed by atoms with Gasteiger partial charge < -0.3 is 9.88 Å². The molecule has 0 radical (unpaired) electrons. The Balaban J connectivity index is 1.60. The van der Waals surface area contributed by atoms with Crippen LogP contribution in [-0.2, 0) is 5.75 Å². The molecular weight excluding hydrogens is 314 g/mol. The number of carbonyl (C=O) groups is 1. The Morgan fingerprint density at radius 1 is 1.36 bits per heavy atom. The highest BCUT2D eigenvalue weighted by molar-refractivity contribution is 7.99. The molecule has 0 aromatic carbocycles. The number of fused-ring (bicyclic) bond motifs is 1. The zero-order valence-corrected chi connectivity index (χ0v) is 13.2. The molecule has 0 saturated heterocycles. The molecule has 1 N–H and O–H groups in total. The van der Waals surface area contributed by atoms with Gasteiger partial charge in [0.1, 0.15) is 5.37 Å². The van der Waals surface area contributed by atoms with E-state index < -0.39 is 0 Å². The summed E-state index contributed by atoms with van der Waals surface area (Å²) in [4.78, 5) is 16.4. The highest BCUT2D eigenvalue weighted by atomic mass is 32.2. The SMILES string of the molecule is O=C(Nc1ccn2c1CSC2c1cccnc1)c1ccsc1. The van der Waals surface area contributed by atoms with Crippen molar-refractivity contribution in [1.82, 2.24) is 9.55 Å². The fraction of sp³-hybridized carbons (Fsp3) is 0.125. The molecule has 4 rings (SSSR count). The van der Waals surface area contributed by atoms with Crippen molar-refractivity contribution in [2.45, 2.75) is 11.1 Å². The van der Waals surface area contributed by atoms with Crippen LogP contribution >= 0.6 is 23.1 Å². The number of amides is 1. The summed E-state index contributed by atoms with van der Waals surface area (Å²) in [6.45, 7) is 0. The number of pyridine rings is 1. The standard InChI is InChI=1S/C16H13N3OS2/c20-15(12-4-7-21-9-12)18-13-3-6-19-14(13)10-22-16(19)11-2-1-5-17-8-11/h1-9,16H,10H2,(H,18,20). The molecular formula is C16H13N3OS2. The summed E-state index contributed by atoms with van der Waals surface area (Å²) in [7, 11) is 0. The maximum atomic E-state index is 12.2. The van der Waals surface area contributed by atoms with Gasteiger partial charge in [-0.25, -0.2) is 0 Å². The van der Waals surface area contributed by atoms with Gasteiger partial charge in [0.25, 0.3) is 5.91 Å². The van der Waals surface area contributed by atoms with Crippen molar-refractivity contribution < 1.29 is 4.79 Å². The second-order valence-corrected chi connectivity index (χ2v) is 6.85. The molecule has 1 aliphatic heterocycles. The molecule has 3 aromatic rings. The van der Waals surface area contributed by atoms with E-state index in [1.54, 1.807) is 6.20 Å². The molecule has 0 saturated carbocycles. The van der Waals surface area contributed by atoms with E-state index in [1.807, 2.05) is 53.1 Å². The molecule has 0 bridgehead atoms. The van der Waals surface area contributed by atoms with Crippen molar-refractivity contribution in [3.8, 4) is 0 Å². The number of thioether (sulfide) groups is 1. The monoisotopic (exact) mass is 327 g/mol. The number of hydrogen-bond donors (Lipinski definition) is 1. The van der Waals surface area contributed by atoms with Gasteiger partial charge in [-0.3, -0.25) is 9.78 Å². The number of anilines is 1. The van der Waals surface area contributed by atoms with Gasteiger partial charge in [0.2, 0.25) is 0 Å². The summed E-state index contributed by atoms with van der Waals surface area (Å²) in [5.74, 6) is 0.830. The summed E-state index contributed by atoms with van der Waals surface area (Å²) in [5, 5.41) is 7.02. The second kappa shape index (κ2) is 5.62. The quantitative estimate of drug-likeness (QED) is 0.791. The van der Waals surface area contributed by atoms with Crippen LogP contribution in [0, 0.1) is 0 Å². The number of rotatable bonds is 3. The largest absolute Gasteiger partial charge is 0.332 e. The van der Waals surface area contributed by atoms with E-state index >= 15 is 0 Å². The third kappa shape index (κ3) is 2.34. The Morgan fingerprint density at radius 3 is 3.09 bits per heavy atom. The number of hydrogen-bond acceptors (Lipinski definition) is 4. The second-order valence-electron chi connectivity index (χ2n) is 5.00. The van der Waals surface area contributed by atoms with E-state index in [1.165, 1.54) is 16.9 Å². The lowest BCUT2D eigenvalue weighted by Gasteiger charge is -2.12. The van der Waals surface area contributed by atoms with Crippen LogP contribution in [0.5, 0.6) is 0 Å². The smallest absolute Gasteiger partial charge is 0.256 e. The van der Waals surface area contributed by atoms with Gasteiger partial charge in [0.15, 0.2) is 0 Å². The lowest BCUT2D eigenvalue weighted by molar-refractivity contribution is 0.102. The predicted molar refractivity (Wildman–Crippen MR) is 90.4 cm³/mol. The topological polar surface area (TPSA) is 46.9 Å². The zero-order chi connectivity index (χ0) is 14.9. The van der Waals surface area contributed by atoms with Crippen LogP contribution < -0.4 is 5.32 Å². The maximum Gasteiger partial charge on any atom is 0.256 e. The van der Waals surface area contributed by atoms with Gasteiger partial charge in [0, 0.05) is 35.3 Å². The maximum absolute atomic E-state index is 12.2.